The average Bonchev–Trinajstić information content (AvgIpc) is 2.91. The van der Waals surface area contributed by atoms with Gasteiger partial charge in [-0.1, -0.05) is 16.6 Å². The van der Waals surface area contributed by atoms with Gasteiger partial charge < -0.3 is 20.2 Å². The number of carbonyl (C=O) groups is 1. The van der Waals surface area contributed by atoms with E-state index in [4.69, 9.17) is 16.3 Å². The van der Waals surface area contributed by atoms with Crippen LogP contribution in [0.2, 0.25) is 5.02 Å². The highest BCUT2D eigenvalue weighted by molar-refractivity contribution is 6.31. The van der Waals surface area contributed by atoms with E-state index in [0.29, 0.717) is 16.5 Å². The van der Waals surface area contributed by atoms with Crippen molar-refractivity contribution in [1.29, 1.82) is 0 Å². The molecule has 9 nitrogen and oxygen atoms in total. The van der Waals surface area contributed by atoms with E-state index < -0.39 is 16.8 Å². The second-order valence-electron chi connectivity index (χ2n) is 4.35. The van der Waals surface area contributed by atoms with Gasteiger partial charge in [-0.15, -0.1) is 0 Å². The Morgan fingerprint density at radius 1 is 1.55 bits per heavy atom. The lowest BCUT2D eigenvalue weighted by Gasteiger charge is -2.11. The van der Waals surface area contributed by atoms with E-state index in [0.717, 1.165) is 16.6 Å². The molecular weight excluding hydrogens is 314 g/mol. The summed E-state index contributed by atoms with van der Waals surface area (Å²) >= 11 is 5.98. The van der Waals surface area contributed by atoms with E-state index in [2.05, 4.69) is 15.4 Å². The summed E-state index contributed by atoms with van der Waals surface area (Å²) in [7, 11) is 1.46. The predicted molar refractivity (Wildman–Crippen MR) is 78.0 cm³/mol. The zero-order chi connectivity index (χ0) is 16.3. The maximum Gasteiger partial charge on any atom is 0.490 e. The van der Waals surface area contributed by atoms with Crippen molar-refractivity contribution in [2.24, 2.45) is 0 Å². The first kappa shape index (κ1) is 15.7. The number of methoxy groups -OCH3 is 1. The van der Waals surface area contributed by atoms with Crippen LogP contribution in [0.5, 0.6) is 5.75 Å². The van der Waals surface area contributed by atoms with Gasteiger partial charge in [-0.3, -0.25) is 4.79 Å². The number of aromatic nitrogens is 3. The molecule has 0 atom stereocenters. The molecule has 0 saturated heterocycles. The molecule has 0 saturated carbocycles. The highest BCUT2D eigenvalue weighted by Crippen LogP contribution is 2.30. The number of nitrogens with zero attached hydrogens (tertiary/aromatic N) is 4. The van der Waals surface area contributed by atoms with Gasteiger partial charge in [0.25, 0.3) is 0 Å². The number of anilines is 1. The zero-order valence-electron chi connectivity index (χ0n) is 11.7. The number of hydrogen-bond donors (Lipinski definition) is 1. The molecule has 0 aliphatic carbocycles. The summed E-state index contributed by atoms with van der Waals surface area (Å²) in [5.41, 5.74) is 1.22. The van der Waals surface area contributed by atoms with E-state index in [-0.39, 0.29) is 6.54 Å². The van der Waals surface area contributed by atoms with Crippen LogP contribution in [0.15, 0.2) is 18.5 Å². The van der Waals surface area contributed by atoms with Gasteiger partial charge in [0.15, 0.2) is 0 Å². The van der Waals surface area contributed by atoms with Crippen LogP contribution in [0.4, 0.5) is 11.6 Å². The number of carbonyl (C=O) groups excluding carboxylic acids is 1. The van der Waals surface area contributed by atoms with Crippen molar-refractivity contribution in [1.82, 2.24) is 14.8 Å². The van der Waals surface area contributed by atoms with E-state index in [1.165, 1.54) is 7.11 Å². The third kappa shape index (κ3) is 3.50. The summed E-state index contributed by atoms with van der Waals surface area (Å²) in [6.45, 7) is 1.57. The molecule has 0 aliphatic rings. The van der Waals surface area contributed by atoms with Crippen LogP contribution in [0.25, 0.3) is 0 Å². The molecule has 0 unspecified atom stereocenters. The van der Waals surface area contributed by atoms with Gasteiger partial charge in [0.2, 0.25) is 12.2 Å². The first-order chi connectivity index (χ1) is 10.4. The summed E-state index contributed by atoms with van der Waals surface area (Å²) in [4.78, 5) is 25.2. The number of nitro groups is 1. The van der Waals surface area contributed by atoms with Gasteiger partial charge in [0.1, 0.15) is 12.3 Å². The quantitative estimate of drug-likeness (QED) is 0.662. The monoisotopic (exact) mass is 325 g/mol. The second kappa shape index (κ2) is 6.39. The third-order valence-corrected chi connectivity index (χ3v) is 3.16. The van der Waals surface area contributed by atoms with Gasteiger partial charge in [0, 0.05) is 16.2 Å². The van der Waals surface area contributed by atoms with E-state index in [9.17, 15) is 14.9 Å². The van der Waals surface area contributed by atoms with Crippen molar-refractivity contribution in [3.8, 4) is 5.75 Å². The number of nitrogens with one attached hydrogen (secondary N) is 1. The van der Waals surface area contributed by atoms with E-state index in [1.807, 2.05) is 0 Å². The summed E-state index contributed by atoms with van der Waals surface area (Å²) in [5, 5.41) is 17.2. The Labute approximate surface area is 130 Å². The standard InChI is InChI=1S/C12H12ClN5O4/c1-7-3-9(10(22-2)4-8(7)13)15-11(19)5-17-6-14-12(16-17)18(20)21/h3-4,6H,5H2,1-2H3,(H,15,19). The van der Waals surface area contributed by atoms with Crippen LogP contribution in [-0.2, 0) is 11.3 Å². The van der Waals surface area contributed by atoms with Gasteiger partial charge >= 0.3 is 5.95 Å². The number of rotatable bonds is 5. The molecule has 1 aromatic heterocycles. The zero-order valence-corrected chi connectivity index (χ0v) is 12.5. The Balaban J connectivity index is 2.11. The highest BCUT2D eigenvalue weighted by atomic mass is 35.5. The van der Waals surface area contributed by atoms with Gasteiger partial charge in [-0.25, -0.2) is 0 Å². The number of halogens is 1. The molecule has 116 valence electrons. The van der Waals surface area contributed by atoms with Gasteiger partial charge in [-0.2, -0.15) is 4.68 Å². The lowest BCUT2D eigenvalue weighted by Crippen LogP contribution is -2.19. The molecule has 2 rings (SSSR count). The van der Waals surface area contributed by atoms with Crippen molar-refractivity contribution >= 4 is 29.1 Å². The molecule has 10 heteroatoms. The van der Waals surface area contributed by atoms with Crippen LogP contribution in [0, 0.1) is 17.0 Å². The number of hydrogen-bond acceptors (Lipinski definition) is 6. The molecule has 1 heterocycles. The first-order valence-corrected chi connectivity index (χ1v) is 6.46. The minimum atomic E-state index is -0.736. The number of ether oxygens (including phenoxy) is 1. The minimum Gasteiger partial charge on any atom is -0.495 e. The fourth-order valence-electron chi connectivity index (χ4n) is 1.71. The maximum absolute atomic E-state index is 12.0. The predicted octanol–water partition coefficient (Wildman–Crippen LogP) is 1.80. The minimum absolute atomic E-state index is 0.217. The number of amides is 1. The molecule has 0 radical (unpaired) electrons. The Kier molecular flexibility index (Phi) is 4.56. The summed E-state index contributed by atoms with van der Waals surface area (Å²) in [5.74, 6) is -0.582. The Morgan fingerprint density at radius 3 is 2.86 bits per heavy atom. The number of aryl methyl sites for hydroxylation is 1. The lowest BCUT2D eigenvalue weighted by molar-refractivity contribution is -0.394. The topological polar surface area (TPSA) is 112 Å². The summed E-state index contributed by atoms with van der Waals surface area (Å²) in [6, 6.07) is 3.26. The van der Waals surface area contributed by atoms with E-state index >= 15 is 0 Å². The average molecular weight is 326 g/mol. The Bertz CT molecular complexity index is 730. The summed E-state index contributed by atoms with van der Waals surface area (Å²) < 4.78 is 6.22. The molecule has 1 N–H and O–H groups in total. The highest BCUT2D eigenvalue weighted by Gasteiger charge is 2.16. The van der Waals surface area contributed by atoms with Crippen molar-refractivity contribution in [3.63, 3.8) is 0 Å². The lowest BCUT2D eigenvalue weighted by atomic mass is 10.2. The Hall–Kier alpha value is -2.68. The van der Waals surface area contributed by atoms with Crippen molar-refractivity contribution < 1.29 is 14.5 Å². The molecule has 1 amide bonds. The molecular formula is C12H12ClN5O4. The molecule has 1 aromatic carbocycles. The maximum atomic E-state index is 12.0. The van der Waals surface area contributed by atoms with Crippen LogP contribution in [0.3, 0.4) is 0 Å². The molecule has 0 fully saturated rings. The fourth-order valence-corrected chi connectivity index (χ4v) is 1.86. The normalized spacial score (nSPS) is 10.3. The van der Waals surface area contributed by atoms with Gasteiger partial charge in [0.05, 0.1) is 12.8 Å². The van der Waals surface area contributed by atoms with Crippen LogP contribution < -0.4 is 10.1 Å². The van der Waals surface area contributed by atoms with Crippen molar-refractivity contribution in [2.45, 2.75) is 13.5 Å². The summed E-state index contributed by atoms with van der Waals surface area (Å²) in [6.07, 6.45) is 1.11. The molecule has 0 spiro atoms. The Morgan fingerprint density at radius 2 is 2.27 bits per heavy atom. The van der Waals surface area contributed by atoms with Gasteiger partial charge in [-0.05, 0) is 23.5 Å². The van der Waals surface area contributed by atoms with Crippen LogP contribution in [-0.4, -0.2) is 32.7 Å². The van der Waals surface area contributed by atoms with E-state index in [1.54, 1.807) is 19.1 Å². The fraction of sp³-hybridized carbons (Fsp3) is 0.250. The molecule has 0 aliphatic heterocycles. The number of benzene rings is 1. The third-order valence-electron chi connectivity index (χ3n) is 2.75. The first-order valence-electron chi connectivity index (χ1n) is 6.08. The molecule has 2 aromatic rings. The van der Waals surface area contributed by atoms with Crippen molar-refractivity contribution in [2.75, 3.05) is 12.4 Å². The van der Waals surface area contributed by atoms with Crippen LogP contribution >= 0.6 is 11.6 Å². The second-order valence-corrected chi connectivity index (χ2v) is 4.76. The molecule has 0 bridgehead atoms. The van der Waals surface area contributed by atoms with Crippen molar-refractivity contribution in [3.05, 3.63) is 39.2 Å². The molecule has 22 heavy (non-hydrogen) atoms. The van der Waals surface area contributed by atoms with Crippen LogP contribution in [0.1, 0.15) is 5.56 Å². The SMILES string of the molecule is COc1cc(Cl)c(C)cc1NC(=O)Cn1cnc([N+](=O)[O-])n1. The smallest absolute Gasteiger partial charge is 0.490 e. The largest absolute Gasteiger partial charge is 0.495 e.